The third kappa shape index (κ3) is 1.85. The van der Waals surface area contributed by atoms with Gasteiger partial charge in [-0.1, -0.05) is 32.4 Å². The smallest absolute Gasteiger partial charge is 0.176 e. The van der Waals surface area contributed by atoms with E-state index in [2.05, 4.69) is 19.9 Å². The van der Waals surface area contributed by atoms with Gasteiger partial charge in [-0.05, 0) is 36.7 Å². The third-order valence-corrected chi connectivity index (χ3v) is 6.08. The number of carbonyl (C=O) groups is 2. The largest absolute Gasteiger partial charge is 0.295 e. The summed E-state index contributed by atoms with van der Waals surface area (Å²) in [4.78, 5) is 24.2. The Kier molecular flexibility index (Phi) is 2.99. The number of nitrogens with zero attached hydrogens (tertiary/aromatic N) is 1. The minimum Gasteiger partial charge on any atom is -0.295 e. The first-order chi connectivity index (χ1) is 9.82. The van der Waals surface area contributed by atoms with Gasteiger partial charge in [0.15, 0.2) is 11.6 Å². The Morgan fingerprint density at radius 1 is 1.29 bits per heavy atom. The Hall–Kier alpha value is -1.69. The second-order valence-corrected chi connectivity index (χ2v) is 7.34. The average molecular weight is 283 g/mol. The van der Waals surface area contributed by atoms with Gasteiger partial charge in [0.2, 0.25) is 0 Å². The summed E-state index contributed by atoms with van der Waals surface area (Å²) in [6.45, 7) is 6.27. The average Bonchev–Trinajstić information content (AvgIpc) is 2.45. The normalized spacial score (nSPS) is 42.4. The SMILES string of the molecule is C[C@H]1C(=O)C(C#N)=C[C@]2(C)C3=CC(=O)CCC3(C)CCC12. The summed E-state index contributed by atoms with van der Waals surface area (Å²) in [5, 5.41) is 9.27. The van der Waals surface area contributed by atoms with E-state index in [-0.39, 0.29) is 39.8 Å². The van der Waals surface area contributed by atoms with Crippen molar-refractivity contribution in [1.29, 1.82) is 5.26 Å². The van der Waals surface area contributed by atoms with Crippen LogP contribution in [0, 0.1) is 34.0 Å². The maximum atomic E-state index is 12.3. The zero-order chi connectivity index (χ0) is 15.4. The lowest BCUT2D eigenvalue weighted by Gasteiger charge is -2.55. The standard InChI is InChI=1S/C18H21NO2/c1-11-14-5-7-17(2)6-4-13(20)8-15(17)18(14,3)9-12(10-19)16(11)21/h8-9,11,14H,4-7H2,1-3H3/t11-,14?,17?,18+/m1/s1. The lowest BCUT2D eigenvalue weighted by atomic mass is 9.48. The van der Waals surface area contributed by atoms with Crippen LogP contribution >= 0.6 is 0 Å². The summed E-state index contributed by atoms with van der Waals surface area (Å²) in [6.07, 6.45) is 7.17. The van der Waals surface area contributed by atoms with Crippen LogP contribution in [0.3, 0.4) is 0 Å². The molecule has 0 aromatic heterocycles. The molecule has 0 heterocycles. The first-order valence-corrected chi connectivity index (χ1v) is 7.74. The minimum atomic E-state index is -0.332. The van der Waals surface area contributed by atoms with Crippen LogP contribution in [0.5, 0.6) is 0 Å². The highest BCUT2D eigenvalue weighted by atomic mass is 16.1. The van der Waals surface area contributed by atoms with Crippen molar-refractivity contribution in [3.8, 4) is 6.07 Å². The molecule has 0 saturated heterocycles. The molecule has 0 aromatic rings. The van der Waals surface area contributed by atoms with Crippen LogP contribution in [0.25, 0.3) is 0 Å². The molecule has 0 spiro atoms. The molecule has 4 atom stereocenters. The van der Waals surface area contributed by atoms with Crippen LogP contribution in [0.15, 0.2) is 23.3 Å². The number of hydrogen-bond donors (Lipinski definition) is 0. The molecular formula is C18H21NO2. The highest BCUT2D eigenvalue weighted by Gasteiger charge is 2.54. The monoisotopic (exact) mass is 283 g/mol. The van der Waals surface area contributed by atoms with Gasteiger partial charge in [0, 0.05) is 17.8 Å². The first kappa shape index (κ1) is 14.3. The molecule has 0 radical (unpaired) electrons. The zero-order valence-corrected chi connectivity index (χ0v) is 12.9. The van der Waals surface area contributed by atoms with Gasteiger partial charge in [0.25, 0.3) is 0 Å². The number of allylic oxidation sites excluding steroid dienone is 4. The Balaban J connectivity index is 2.20. The molecule has 110 valence electrons. The molecule has 3 aliphatic rings. The molecule has 0 amide bonds. The molecule has 2 unspecified atom stereocenters. The predicted molar refractivity (Wildman–Crippen MR) is 79.1 cm³/mol. The van der Waals surface area contributed by atoms with Crippen LogP contribution in [-0.4, -0.2) is 11.6 Å². The van der Waals surface area contributed by atoms with E-state index in [9.17, 15) is 14.9 Å². The number of hydrogen-bond acceptors (Lipinski definition) is 3. The lowest BCUT2D eigenvalue weighted by Crippen LogP contribution is -2.49. The second kappa shape index (κ2) is 4.40. The van der Waals surface area contributed by atoms with Crippen molar-refractivity contribution in [3.63, 3.8) is 0 Å². The van der Waals surface area contributed by atoms with Gasteiger partial charge in [-0.2, -0.15) is 5.26 Å². The van der Waals surface area contributed by atoms with E-state index < -0.39 is 0 Å². The van der Waals surface area contributed by atoms with Gasteiger partial charge < -0.3 is 0 Å². The predicted octanol–water partition coefficient (Wildman–Crippen LogP) is 3.37. The summed E-state index contributed by atoms with van der Waals surface area (Å²) in [5.41, 5.74) is 1.12. The van der Waals surface area contributed by atoms with Gasteiger partial charge in [0.05, 0.1) is 5.57 Å². The number of carbonyl (C=O) groups excluding carboxylic acids is 2. The van der Waals surface area contributed by atoms with E-state index in [1.807, 2.05) is 19.1 Å². The van der Waals surface area contributed by atoms with Crippen LogP contribution in [0.4, 0.5) is 0 Å². The van der Waals surface area contributed by atoms with Gasteiger partial charge in [-0.25, -0.2) is 0 Å². The fourth-order valence-corrected chi connectivity index (χ4v) is 4.82. The van der Waals surface area contributed by atoms with Crippen molar-refractivity contribution in [1.82, 2.24) is 0 Å². The summed E-state index contributed by atoms with van der Waals surface area (Å²) in [6, 6.07) is 2.06. The first-order valence-electron chi connectivity index (χ1n) is 7.74. The summed E-state index contributed by atoms with van der Waals surface area (Å²) < 4.78 is 0. The molecule has 0 bridgehead atoms. The molecular weight excluding hydrogens is 262 g/mol. The molecule has 3 rings (SSSR count). The molecule has 3 nitrogen and oxygen atoms in total. The van der Waals surface area contributed by atoms with E-state index in [0.29, 0.717) is 6.42 Å². The van der Waals surface area contributed by atoms with Crippen LogP contribution < -0.4 is 0 Å². The van der Waals surface area contributed by atoms with E-state index in [4.69, 9.17) is 0 Å². The number of nitriles is 1. The van der Waals surface area contributed by atoms with Gasteiger partial charge in [-0.3, -0.25) is 9.59 Å². The van der Waals surface area contributed by atoms with Crippen molar-refractivity contribution < 1.29 is 9.59 Å². The molecule has 3 aliphatic carbocycles. The van der Waals surface area contributed by atoms with E-state index in [0.717, 1.165) is 24.8 Å². The van der Waals surface area contributed by atoms with E-state index in [1.54, 1.807) is 0 Å². The highest BCUT2D eigenvalue weighted by molar-refractivity contribution is 6.02. The summed E-state index contributed by atoms with van der Waals surface area (Å²) >= 11 is 0. The Labute approximate surface area is 125 Å². The Morgan fingerprint density at radius 2 is 2.00 bits per heavy atom. The third-order valence-electron chi connectivity index (χ3n) is 6.08. The van der Waals surface area contributed by atoms with Crippen LogP contribution in [0.1, 0.15) is 46.5 Å². The molecule has 3 heteroatoms. The fourth-order valence-electron chi connectivity index (χ4n) is 4.82. The van der Waals surface area contributed by atoms with Crippen molar-refractivity contribution in [2.75, 3.05) is 0 Å². The maximum Gasteiger partial charge on any atom is 0.176 e. The summed E-state index contributed by atoms with van der Waals surface area (Å²) in [7, 11) is 0. The number of fused-ring (bicyclic) bond motifs is 3. The fraction of sp³-hybridized carbons (Fsp3) is 0.611. The Morgan fingerprint density at radius 3 is 2.67 bits per heavy atom. The van der Waals surface area contributed by atoms with Crippen molar-refractivity contribution in [3.05, 3.63) is 23.3 Å². The van der Waals surface area contributed by atoms with Crippen LogP contribution in [-0.2, 0) is 9.59 Å². The van der Waals surface area contributed by atoms with Crippen LogP contribution in [0.2, 0.25) is 0 Å². The molecule has 0 aliphatic heterocycles. The van der Waals surface area contributed by atoms with Gasteiger partial charge in [-0.15, -0.1) is 0 Å². The van der Waals surface area contributed by atoms with Crippen molar-refractivity contribution in [2.45, 2.75) is 46.5 Å². The highest BCUT2D eigenvalue weighted by Crippen LogP contribution is 2.61. The molecule has 0 N–H and O–H groups in total. The number of rotatable bonds is 0. The van der Waals surface area contributed by atoms with E-state index >= 15 is 0 Å². The molecule has 1 fully saturated rings. The number of ketones is 2. The minimum absolute atomic E-state index is 0.0358. The second-order valence-electron chi connectivity index (χ2n) is 7.34. The maximum absolute atomic E-state index is 12.3. The van der Waals surface area contributed by atoms with Gasteiger partial charge >= 0.3 is 0 Å². The van der Waals surface area contributed by atoms with Gasteiger partial charge in [0.1, 0.15) is 6.07 Å². The quantitative estimate of drug-likeness (QED) is 0.685. The Bertz CT molecular complexity index is 636. The molecule has 1 saturated carbocycles. The summed E-state index contributed by atoms with van der Waals surface area (Å²) in [5.74, 6) is 0.205. The topological polar surface area (TPSA) is 57.9 Å². The molecule has 0 aromatic carbocycles. The van der Waals surface area contributed by atoms with E-state index in [1.165, 1.54) is 0 Å². The van der Waals surface area contributed by atoms with Crippen molar-refractivity contribution >= 4 is 11.6 Å². The lowest BCUT2D eigenvalue weighted by molar-refractivity contribution is -0.123. The van der Waals surface area contributed by atoms with Crippen molar-refractivity contribution in [2.24, 2.45) is 22.7 Å². The zero-order valence-electron chi connectivity index (χ0n) is 12.9. The number of Topliss-reactive ketones (excluding diaryl/α,β-unsaturated/α-hetero) is 1. The molecule has 21 heavy (non-hydrogen) atoms.